The SMILES string of the molecule is Cc1c(C)c2c(c(C)c1O)CCC(C(=O)O)O2. The van der Waals surface area contributed by atoms with Crippen molar-refractivity contribution in [3.8, 4) is 11.5 Å². The fourth-order valence-electron chi connectivity index (χ4n) is 2.28. The molecule has 17 heavy (non-hydrogen) atoms. The Hall–Kier alpha value is -1.71. The van der Waals surface area contributed by atoms with Gasteiger partial charge < -0.3 is 14.9 Å². The monoisotopic (exact) mass is 236 g/mol. The highest BCUT2D eigenvalue weighted by Crippen LogP contribution is 2.40. The first-order valence-electron chi connectivity index (χ1n) is 5.64. The van der Waals surface area contributed by atoms with E-state index in [0.29, 0.717) is 24.3 Å². The van der Waals surface area contributed by atoms with Crippen molar-refractivity contribution >= 4 is 5.97 Å². The van der Waals surface area contributed by atoms with Gasteiger partial charge in [-0.15, -0.1) is 0 Å². The number of hydrogen-bond acceptors (Lipinski definition) is 3. The predicted molar refractivity (Wildman–Crippen MR) is 62.7 cm³/mol. The number of ether oxygens (including phenoxy) is 1. The number of carboxylic acids is 1. The van der Waals surface area contributed by atoms with Gasteiger partial charge in [-0.3, -0.25) is 0 Å². The van der Waals surface area contributed by atoms with Crippen LogP contribution in [0.4, 0.5) is 0 Å². The van der Waals surface area contributed by atoms with E-state index in [1.54, 1.807) is 0 Å². The molecule has 0 fully saturated rings. The van der Waals surface area contributed by atoms with Gasteiger partial charge in [0.15, 0.2) is 6.10 Å². The molecule has 0 spiro atoms. The van der Waals surface area contributed by atoms with Crippen LogP contribution in [0.3, 0.4) is 0 Å². The third kappa shape index (κ3) is 1.73. The predicted octanol–water partition coefficient (Wildman–Crippen LogP) is 2.10. The molecule has 0 saturated heterocycles. The smallest absolute Gasteiger partial charge is 0.344 e. The number of aliphatic carboxylic acids is 1. The fourth-order valence-corrected chi connectivity index (χ4v) is 2.28. The maximum Gasteiger partial charge on any atom is 0.344 e. The second-order valence-corrected chi connectivity index (χ2v) is 4.51. The van der Waals surface area contributed by atoms with E-state index in [1.165, 1.54) is 0 Å². The molecule has 1 aromatic rings. The van der Waals surface area contributed by atoms with Gasteiger partial charge in [-0.2, -0.15) is 0 Å². The van der Waals surface area contributed by atoms with E-state index in [-0.39, 0.29) is 0 Å². The highest BCUT2D eigenvalue weighted by molar-refractivity contribution is 5.74. The molecule has 2 N–H and O–H groups in total. The third-order valence-corrected chi connectivity index (χ3v) is 3.53. The van der Waals surface area contributed by atoms with Crippen LogP contribution in [-0.4, -0.2) is 22.3 Å². The van der Waals surface area contributed by atoms with Crippen molar-refractivity contribution in [1.29, 1.82) is 0 Å². The van der Waals surface area contributed by atoms with E-state index >= 15 is 0 Å². The van der Waals surface area contributed by atoms with Crippen molar-refractivity contribution in [3.05, 3.63) is 22.3 Å². The van der Waals surface area contributed by atoms with Gasteiger partial charge in [-0.05, 0) is 50.3 Å². The van der Waals surface area contributed by atoms with Gasteiger partial charge in [0.25, 0.3) is 0 Å². The summed E-state index contributed by atoms with van der Waals surface area (Å²) in [5, 5.41) is 18.9. The lowest BCUT2D eigenvalue weighted by molar-refractivity contribution is -0.145. The maximum atomic E-state index is 10.9. The van der Waals surface area contributed by atoms with E-state index in [1.807, 2.05) is 20.8 Å². The third-order valence-electron chi connectivity index (χ3n) is 3.53. The zero-order chi connectivity index (χ0) is 12.7. The van der Waals surface area contributed by atoms with Crippen LogP contribution in [0.25, 0.3) is 0 Å². The minimum atomic E-state index is -0.932. The number of fused-ring (bicyclic) bond motifs is 1. The standard InChI is InChI=1S/C13H16O4/c1-6-7(2)12-9(8(3)11(6)14)4-5-10(17-12)13(15)16/h10,14H,4-5H2,1-3H3,(H,15,16). The van der Waals surface area contributed by atoms with Gasteiger partial charge in [0, 0.05) is 5.56 Å². The first-order chi connectivity index (χ1) is 7.93. The summed E-state index contributed by atoms with van der Waals surface area (Å²) in [6.45, 7) is 5.49. The summed E-state index contributed by atoms with van der Waals surface area (Å²) in [5.74, 6) is -0.00601. The Morgan fingerprint density at radius 2 is 1.88 bits per heavy atom. The molecule has 0 aromatic heterocycles. The average molecular weight is 236 g/mol. The number of hydrogen-bond donors (Lipinski definition) is 2. The summed E-state index contributed by atoms with van der Waals surface area (Å²) >= 11 is 0. The second kappa shape index (κ2) is 3.95. The van der Waals surface area contributed by atoms with Crippen molar-refractivity contribution < 1.29 is 19.7 Å². The van der Waals surface area contributed by atoms with Gasteiger partial charge in [0.2, 0.25) is 0 Å². The summed E-state index contributed by atoms with van der Waals surface area (Å²) in [4.78, 5) is 10.9. The molecule has 1 aromatic carbocycles. The summed E-state index contributed by atoms with van der Waals surface area (Å²) < 4.78 is 5.53. The van der Waals surface area contributed by atoms with Crippen LogP contribution < -0.4 is 4.74 Å². The van der Waals surface area contributed by atoms with Crippen molar-refractivity contribution in [1.82, 2.24) is 0 Å². The van der Waals surface area contributed by atoms with Gasteiger partial charge in [0.1, 0.15) is 11.5 Å². The van der Waals surface area contributed by atoms with Crippen LogP contribution in [-0.2, 0) is 11.2 Å². The molecular formula is C13H16O4. The van der Waals surface area contributed by atoms with Crippen molar-refractivity contribution in [2.75, 3.05) is 0 Å². The molecule has 1 aliphatic heterocycles. The maximum absolute atomic E-state index is 10.9. The lowest BCUT2D eigenvalue weighted by atomic mass is 9.91. The molecule has 1 heterocycles. The molecule has 2 rings (SSSR count). The molecule has 1 atom stereocenters. The molecular weight excluding hydrogens is 220 g/mol. The van der Waals surface area contributed by atoms with Crippen molar-refractivity contribution in [3.63, 3.8) is 0 Å². The number of benzene rings is 1. The Bertz CT molecular complexity index is 491. The Labute approximate surface area is 99.8 Å². The highest BCUT2D eigenvalue weighted by Gasteiger charge is 2.29. The Balaban J connectivity index is 2.55. The van der Waals surface area contributed by atoms with E-state index in [4.69, 9.17) is 9.84 Å². The number of phenols is 1. The Morgan fingerprint density at radius 1 is 1.24 bits per heavy atom. The topological polar surface area (TPSA) is 66.8 Å². The van der Waals surface area contributed by atoms with Crippen LogP contribution in [0.1, 0.15) is 28.7 Å². The Kier molecular flexibility index (Phi) is 2.73. The van der Waals surface area contributed by atoms with E-state index in [0.717, 1.165) is 22.3 Å². The number of phenolic OH excluding ortho intramolecular Hbond substituents is 1. The lowest BCUT2D eigenvalue weighted by Gasteiger charge is -2.27. The largest absolute Gasteiger partial charge is 0.507 e. The molecule has 0 bridgehead atoms. The molecule has 4 nitrogen and oxygen atoms in total. The molecule has 92 valence electrons. The number of carboxylic acid groups (broad SMARTS) is 1. The number of aromatic hydroxyl groups is 1. The van der Waals surface area contributed by atoms with Crippen LogP contribution in [0, 0.1) is 20.8 Å². The number of rotatable bonds is 1. The molecule has 1 aliphatic rings. The minimum Gasteiger partial charge on any atom is -0.507 e. The van der Waals surface area contributed by atoms with Gasteiger partial charge >= 0.3 is 5.97 Å². The normalized spacial score (nSPS) is 18.4. The van der Waals surface area contributed by atoms with Gasteiger partial charge in [-0.25, -0.2) is 4.79 Å². The van der Waals surface area contributed by atoms with E-state index in [9.17, 15) is 9.90 Å². The zero-order valence-electron chi connectivity index (χ0n) is 10.2. The zero-order valence-corrected chi connectivity index (χ0v) is 10.2. The summed E-state index contributed by atoms with van der Waals surface area (Å²) in [6, 6.07) is 0. The molecule has 0 radical (unpaired) electrons. The molecule has 0 saturated carbocycles. The van der Waals surface area contributed by atoms with Crippen LogP contribution >= 0.6 is 0 Å². The van der Waals surface area contributed by atoms with Crippen LogP contribution in [0.2, 0.25) is 0 Å². The van der Waals surface area contributed by atoms with Crippen LogP contribution in [0.15, 0.2) is 0 Å². The van der Waals surface area contributed by atoms with Gasteiger partial charge in [-0.1, -0.05) is 0 Å². The summed E-state index contributed by atoms with van der Waals surface area (Å²) in [5.41, 5.74) is 3.32. The van der Waals surface area contributed by atoms with Crippen LogP contribution in [0.5, 0.6) is 11.5 Å². The van der Waals surface area contributed by atoms with Crippen molar-refractivity contribution in [2.24, 2.45) is 0 Å². The quantitative estimate of drug-likeness (QED) is 0.783. The first-order valence-corrected chi connectivity index (χ1v) is 5.64. The molecule has 0 amide bonds. The molecule has 4 heteroatoms. The van der Waals surface area contributed by atoms with E-state index in [2.05, 4.69) is 0 Å². The average Bonchev–Trinajstić information content (AvgIpc) is 2.32. The summed E-state index contributed by atoms with van der Waals surface area (Å²) in [7, 11) is 0. The van der Waals surface area contributed by atoms with E-state index < -0.39 is 12.1 Å². The first kappa shape index (κ1) is 11.8. The van der Waals surface area contributed by atoms with Crippen molar-refractivity contribution in [2.45, 2.75) is 39.7 Å². The molecule has 1 unspecified atom stereocenters. The fraction of sp³-hybridized carbons (Fsp3) is 0.462. The summed E-state index contributed by atoms with van der Waals surface area (Å²) in [6.07, 6.45) is 0.308. The Morgan fingerprint density at radius 3 is 2.47 bits per heavy atom. The van der Waals surface area contributed by atoms with Gasteiger partial charge in [0.05, 0.1) is 0 Å². The highest BCUT2D eigenvalue weighted by atomic mass is 16.5. The lowest BCUT2D eigenvalue weighted by Crippen LogP contribution is -2.31. The molecule has 0 aliphatic carbocycles. The number of carbonyl (C=O) groups is 1. The second-order valence-electron chi connectivity index (χ2n) is 4.51. The minimum absolute atomic E-state index is 0.290.